The average Bonchev–Trinajstić information content (AvgIpc) is 2.33. The van der Waals surface area contributed by atoms with Gasteiger partial charge in [-0.25, -0.2) is 4.98 Å². The van der Waals surface area contributed by atoms with Gasteiger partial charge in [-0.1, -0.05) is 23.7 Å². The minimum atomic E-state index is 0.552. The Morgan fingerprint density at radius 3 is 2.82 bits per heavy atom. The number of hydrogen-bond donors (Lipinski definition) is 1. The molecule has 5 heteroatoms. The van der Waals surface area contributed by atoms with E-state index in [0.717, 1.165) is 4.47 Å². The molecule has 0 amide bonds. The maximum Gasteiger partial charge on any atom is 0.144 e. The molecule has 2 rings (SSSR count). The van der Waals surface area contributed by atoms with Crippen LogP contribution >= 0.6 is 27.5 Å². The number of halogens is 2. The van der Waals surface area contributed by atoms with E-state index in [2.05, 4.69) is 32.3 Å². The highest BCUT2D eigenvalue weighted by molar-refractivity contribution is 9.10. The molecule has 0 saturated carbocycles. The molecular weight excluding hydrogens is 302 g/mol. The predicted octanol–water partition coefficient (Wildman–Crippen LogP) is 4.11. The summed E-state index contributed by atoms with van der Waals surface area (Å²) in [5.41, 5.74) is 1.28. The van der Waals surface area contributed by atoms with Crippen LogP contribution in [0.15, 0.2) is 41.0 Å². The van der Waals surface area contributed by atoms with Crippen molar-refractivity contribution in [2.45, 2.75) is 0 Å². The van der Waals surface area contributed by atoms with Crippen molar-refractivity contribution in [3.63, 3.8) is 0 Å². The number of pyridine rings is 1. The largest absolute Gasteiger partial charge is 0.338 e. The van der Waals surface area contributed by atoms with Crippen LogP contribution in [0.25, 0.3) is 0 Å². The second-order valence-corrected chi connectivity index (χ2v) is 4.56. The van der Waals surface area contributed by atoms with Crippen molar-refractivity contribution >= 4 is 39.0 Å². The molecule has 0 fully saturated rings. The summed E-state index contributed by atoms with van der Waals surface area (Å²) in [5, 5.41) is 12.6. The third kappa shape index (κ3) is 2.76. The Morgan fingerprint density at radius 2 is 2.12 bits per heavy atom. The van der Waals surface area contributed by atoms with Crippen LogP contribution < -0.4 is 5.32 Å². The Bertz CT molecular complexity index is 593. The summed E-state index contributed by atoms with van der Waals surface area (Å²) in [6.07, 6.45) is 1.55. The van der Waals surface area contributed by atoms with E-state index in [0.29, 0.717) is 22.1 Å². The van der Waals surface area contributed by atoms with Crippen molar-refractivity contribution in [3.05, 3.63) is 51.6 Å². The zero-order chi connectivity index (χ0) is 12.3. The molecule has 1 aromatic heterocycles. The maximum absolute atomic E-state index is 8.97. The predicted molar refractivity (Wildman–Crippen MR) is 71.4 cm³/mol. The molecule has 0 aliphatic heterocycles. The summed E-state index contributed by atoms with van der Waals surface area (Å²) in [6, 6.07) is 11.1. The average molecular weight is 309 g/mol. The summed E-state index contributed by atoms with van der Waals surface area (Å²) < 4.78 is 0.748. The normalized spacial score (nSPS) is 9.71. The second kappa shape index (κ2) is 5.17. The number of hydrogen-bond acceptors (Lipinski definition) is 3. The molecule has 0 radical (unpaired) electrons. The van der Waals surface area contributed by atoms with Crippen LogP contribution in [-0.4, -0.2) is 4.98 Å². The van der Waals surface area contributed by atoms with Gasteiger partial charge in [0.15, 0.2) is 0 Å². The summed E-state index contributed by atoms with van der Waals surface area (Å²) in [5.74, 6) is 0.622. The highest BCUT2D eigenvalue weighted by Gasteiger charge is 2.05. The van der Waals surface area contributed by atoms with Crippen molar-refractivity contribution in [1.29, 1.82) is 5.26 Å². The van der Waals surface area contributed by atoms with Gasteiger partial charge in [-0.05, 0) is 34.1 Å². The molecule has 0 unspecified atom stereocenters. The van der Waals surface area contributed by atoms with Crippen molar-refractivity contribution in [2.75, 3.05) is 5.32 Å². The molecule has 1 N–H and O–H groups in total. The third-order valence-electron chi connectivity index (χ3n) is 2.11. The van der Waals surface area contributed by atoms with E-state index >= 15 is 0 Å². The Balaban J connectivity index is 2.35. The molecule has 17 heavy (non-hydrogen) atoms. The Kier molecular flexibility index (Phi) is 3.62. The van der Waals surface area contributed by atoms with Crippen LogP contribution in [-0.2, 0) is 0 Å². The van der Waals surface area contributed by atoms with Crippen molar-refractivity contribution in [1.82, 2.24) is 4.98 Å². The fourth-order valence-corrected chi connectivity index (χ4v) is 2.06. The third-order valence-corrected chi connectivity index (χ3v) is 2.92. The molecule has 0 saturated heterocycles. The van der Waals surface area contributed by atoms with E-state index in [1.54, 1.807) is 18.3 Å². The fraction of sp³-hybridized carbons (Fsp3) is 0. The monoisotopic (exact) mass is 307 g/mol. The topological polar surface area (TPSA) is 48.7 Å². The van der Waals surface area contributed by atoms with Crippen molar-refractivity contribution < 1.29 is 0 Å². The van der Waals surface area contributed by atoms with Crippen LogP contribution in [0.5, 0.6) is 0 Å². The van der Waals surface area contributed by atoms with Gasteiger partial charge in [-0.15, -0.1) is 0 Å². The molecule has 3 nitrogen and oxygen atoms in total. The van der Waals surface area contributed by atoms with Crippen LogP contribution in [0, 0.1) is 11.3 Å². The van der Waals surface area contributed by atoms with Gasteiger partial charge >= 0.3 is 0 Å². The van der Waals surface area contributed by atoms with Gasteiger partial charge in [0, 0.05) is 6.20 Å². The first-order valence-electron chi connectivity index (χ1n) is 4.78. The molecule has 0 spiro atoms. The number of aromatic nitrogens is 1. The van der Waals surface area contributed by atoms with E-state index in [4.69, 9.17) is 16.9 Å². The minimum absolute atomic E-state index is 0.552. The van der Waals surface area contributed by atoms with Gasteiger partial charge in [-0.2, -0.15) is 5.26 Å². The zero-order valence-corrected chi connectivity index (χ0v) is 11.0. The van der Waals surface area contributed by atoms with E-state index in [9.17, 15) is 0 Å². The molecule has 1 aromatic carbocycles. The van der Waals surface area contributed by atoms with E-state index in [-0.39, 0.29) is 0 Å². The minimum Gasteiger partial charge on any atom is -0.338 e. The zero-order valence-electron chi connectivity index (χ0n) is 8.61. The van der Waals surface area contributed by atoms with E-state index in [1.807, 2.05) is 18.2 Å². The molecule has 0 aliphatic carbocycles. The molecule has 1 heterocycles. The Morgan fingerprint density at radius 1 is 1.35 bits per heavy atom. The highest BCUT2D eigenvalue weighted by atomic mass is 79.9. The van der Waals surface area contributed by atoms with Crippen LogP contribution in [0.4, 0.5) is 11.5 Å². The van der Waals surface area contributed by atoms with Crippen LogP contribution in [0.2, 0.25) is 5.02 Å². The molecule has 2 aromatic rings. The first-order chi connectivity index (χ1) is 8.20. The van der Waals surface area contributed by atoms with E-state index < -0.39 is 0 Å². The Hall–Kier alpha value is -1.57. The Labute approximate surface area is 112 Å². The summed E-state index contributed by atoms with van der Waals surface area (Å²) in [4.78, 5) is 4.15. The van der Waals surface area contributed by atoms with Gasteiger partial charge in [0.1, 0.15) is 11.9 Å². The van der Waals surface area contributed by atoms with E-state index in [1.165, 1.54) is 0 Å². The van der Waals surface area contributed by atoms with Crippen LogP contribution in [0.1, 0.15) is 5.56 Å². The molecule has 0 bridgehead atoms. The molecule has 84 valence electrons. The number of nitrogens with zero attached hydrogens (tertiary/aromatic N) is 2. The standard InChI is InChI=1S/C12H7BrClN3/c13-10-5-9(14)7-16-12(10)17-11-4-2-1-3-8(11)6-15/h1-5,7H,(H,16,17). The van der Waals surface area contributed by atoms with Gasteiger partial charge in [0.2, 0.25) is 0 Å². The summed E-state index contributed by atoms with van der Waals surface area (Å²) in [7, 11) is 0. The maximum atomic E-state index is 8.97. The number of para-hydroxylation sites is 1. The smallest absolute Gasteiger partial charge is 0.144 e. The summed E-state index contributed by atoms with van der Waals surface area (Å²) >= 11 is 9.16. The highest BCUT2D eigenvalue weighted by Crippen LogP contribution is 2.27. The number of nitrogens with one attached hydrogen (secondary N) is 1. The molecular formula is C12H7BrClN3. The first-order valence-corrected chi connectivity index (χ1v) is 5.95. The van der Waals surface area contributed by atoms with Gasteiger partial charge in [-0.3, -0.25) is 0 Å². The fourth-order valence-electron chi connectivity index (χ4n) is 1.32. The lowest BCUT2D eigenvalue weighted by atomic mass is 10.2. The second-order valence-electron chi connectivity index (χ2n) is 3.27. The van der Waals surface area contributed by atoms with Gasteiger partial charge < -0.3 is 5.32 Å². The van der Waals surface area contributed by atoms with Crippen molar-refractivity contribution in [3.8, 4) is 6.07 Å². The molecule has 0 atom stereocenters. The van der Waals surface area contributed by atoms with Gasteiger partial charge in [0.05, 0.1) is 20.7 Å². The first kappa shape index (κ1) is 11.9. The lowest BCUT2D eigenvalue weighted by Gasteiger charge is -2.08. The summed E-state index contributed by atoms with van der Waals surface area (Å²) in [6.45, 7) is 0. The lowest BCUT2D eigenvalue weighted by Crippen LogP contribution is -1.96. The lowest BCUT2D eigenvalue weighted by molar-refractivity contribution is 1.29. The van der Waals surface area contributed by atoms with Crippen LogP contribution in [0.3, 0.4) is 0 Å². The number of nitriles is 1. The number of anilines is 2. The van der Waals surface area contributed by atoms with Gasteiger partial charge in [0.25, 0.3) is 0 Å². The SMILES string of the molecule is N#Cc1ccccc1Nc1ncc(Cl)cc1Br. The number of rotatable bonds is 2. The number of benzene rings is 1. The quantitative estimate of drug-likeness (QED) is 0.908. The molecule has 0 aliphatic rings. The van der Waals surface area contributed by atoms with Crippen molar-refractivity contribution in [2.24, 2.45) is 0 Å².